The van der Waals surface area contributed by atoms with Gasteiger partial charge in [-0.1, -0.05) is 23.7 Å². The van der Waals surface area contributed by atoms with Crippen LogP contribution in [-0.2, 0) is 4.79 Å². The molecule has 82 valence electrons. The van der Waals surface area contributed by atoms with Crippen molar-refractivity contribution < 1.29 is 15.0 Å². The minimum Gasteiger partial charge on any atom is -0.385 e. The van der Waals surface area contributed by atoms with Gasteiger partial charge in [-0.05, 0) is 27.6 Å². The zero-order valence-corrected chi connectivity index (χ0v) is 9.86. The molecule has 0 aliphatic carbocycles. The first-order valence-corrected chi connectivity index (χ1v) is 5.21. The topological polar surface area (TPSA) is 83.6 Å². The van der Waals surface area contributed by atoms with E-state index in [0.717, 1.165) is 0 Å². The molecular formula is C9H9BrClNO3. The van der Waals surface area contributed by atoms with Crippen LogP contribution in [0.4, 0.5) is 0 Å². The lowest BCUT2D eigenvalue weighted by molar-refractivity contribution is -0.132. The molecule has 15 heavy (non-hydrogen) atoms. The Labute approximate surface area is 99.8 Å². The van der Waals surface area contributed by atoms with E-state index in [4.69, 9.17) is 17.3 Å². The second-order valence-electron chi connectivity index (χ2n) is 2.94. The highest BCUT2D eigenvalue weighted by molar-refractivity contribution is 9.10. The van der Waals surface area contributed by atoms with Crippen molar-refractivity contribution in [1.82, 2.24) is 0 Å². The van der Waals surface area contributed by atoms with Crippen molar-refractivity contribution in [1.29, 1.82) is 0 Å². The van der Waals surface area contributed by atoms with E-state index >= 15 is 0 Å². The minimum absolute atomic E-state index is 0.314. The van der Waals surface area contributed by atoms with Crippen LogP contribution >= 0.6 is 27.5 Å². The summed E-state index contributed by atoms with van der Waals surface area (Å²) in [7, 11) is 0. The number of primary amides is 1. The van der Waals surface area contributed by atoms with E-state index in [1.54, 1.807) is 12.1 Å². The van der Waals surface area contributed by atoms with Crippen molar-refractivity contribution in [2.45, 2.75) is 12.2 Å². The third-order valence-electron chi connectivity index (χ3n) is 1.89. The van der Waals surface area contributed by atoms with Gasteiger partial charge in [-0.25, -0.2) is 0 Å². The van der Waals surface area contributed by atoms with Gasteiger partial charge in [0, 0.05) is 4.47 Å². The Hall–Kier alpha value is -0.620. The van der Waals surface area contributed by atoms with Gasteiger partial charge in [0.15, 0.2) is 6.10 Å². The highest BCUT2D eigenvalue weighted by Gasteiger charge is 2.25. The molecule has 0 aromatic heterocycles. The summed E-state index contributed by atoms with van der Waals surface area (Å²) in [5, 5.41) is 19.3. The van der Waals surface area contributed by atoms with Crippen molar-refractivity contribution in [3.63, 3.8) is 0 Å². The highest BCUT2D eigenvalue weighted by Crippen LogP contribution is 2.31. The molecule has 4 nitrogen and oxygen atoms in total. The molecule has 1 aromatic carbocycles. The molecular weight excluding hydrogens is 285 g/mol. The molecule has 0 saturated carbocycles. The van der Waals surface area contributed by atoms with Crippen molar-refractivity contribution in [3.8, 4) is 0 Å². The zero-order valence-electron chi connectivity index (χ0n) is 7.52. The van der Waals surface area contributed by atoms with Crippen LogP contribution in [0.25, 0.3) is 0 Å². The number of hydrogen-bond donors (Lipinski definition) is 3. The maximum atomic E-state index is 10.7. The van der Waals surface area contributed by atoms with Gasteiger partial charge in [0.2, 0.25) is 5.91 Å². The van der Waals surface area contributed by atoms with Gasteiger partial charge < -0.3 is 15.9 Å². The second kappa shape index (κ2) is 4.94. The van der Waals surface area contributed by atoms with Crippen LogP contribution in [0.5, 0.6) is 0 Å². The van der Waals surface area contributed by atoms with E-state index in [1.165, 1.54) is 6.07 Å². The molecule has 0 spiro atoms. The highest BCUT2D eigenvalue weighted by atomic mass is 79.9. The van der Waals surface area contributed by atoms with E-state index in [2.05, 4.69) is 15.9 Å². The molecule has 2 atom stereocenters. The zero-order chi connectivity index (χ0) is 11.6. The molecule has 1 aromatic rings. The summed E-state index contributed by atoms with van der Waals surface area (Å²) in [5.74, 6) is -0.991. The Balaban J connectivity index is 3.06. The molecule has 0 saturated heterocycles. The molecule has 2 unspecified atom stereocenters. The largest absolute Gasteiger partial charge is 0.385 e. The fraction of sp³-hybridized carbons (Fsp3) is 0.222. The first-order chi connectivity index (χ1) is 6.95. The molecule has 1 amide bonds. The average molecular weight is 295 g/mol. The summed E-state index contributed by atoms with van der Waals surface area (Å²) in [4.78, 5) is 10.7. The van der Waals surface area contributed by atoms with Gasteiger partial charge in [-0.3, -0.25) is 4.79 Å². The molecule has 0 radical (unpaired) electrons. The van der Waals surface area contributed by atoms with Crippen LogP contribution in [0.2, 0.25) is 5.02 Å². The number of aliphatic hydroxyl groups is 2. The molecule has 4 N–H and O–H groups in total. The van der Waals surface area contributed by atoms with Gasteiger partial charge in [-0.2, -0.15) is 0 Å². The average Bonchev–Trinajstić information content (AvgIpc) is 2.20. The van der Waals surface area contributed by atoms with Gasteiger partial charge in [0.25, 0.3) is 0 Å². The van der Waals surface area contributed by atoms with Crippen molar-refractivity contribution in [2.24, 2.45) is 5.73 Å². The smallest absolute Gasteiger partial charge is 0.249 e. The predicted octanol–water partition coefficient (Wildman–Crippen LogP) is 0.982. The maximum Gasteiger partial charge on any atom is 0.249 e. The Morgan fingerprint density at radius 2 is 2.07 bits per heavy atom. The van der Waals surface area contributed by atoms with Gasteiger partial charge in [0.05, 0.1) is 5.02 Å². The number of carbonyl (C=O) groups excluding carboxylic acids is 1. The maximum absolute atomic E-state index is 10.7. The van der Waals surface area contributed by atoms with E-state index < -0.39 is 18.1 Å². The number of rotatable bonds is 3. The van der Waals surface area contributed by atoms with Crippen molar-refractivity contribution >= 4 is 33.4 Å². The summed E-state index contributed by atoms with van der Waals surface area (Å²) in [6.07, 6.45) is -3.05. The third kappa shape index (κ3) is 2.69. The SMILES string of the molecule is NC(=O)C(O)C(O)c1cccc(Cl)c1Br. The monoisotopic (exact) mass is 293 g/mol. The van der Waals surface area contributed by atoms with E-state index in [0.29, 0.717) is 15.1 Å². The van der Waals surface area contributed by atoms with E-state index in [9.17, 15) is 15.0 Å². The number of halogens is 2. The molecule has 0 bridgehead atoms. The predicted molar refractivity (Wildman–Crippen MR) is 59.3 cm³/mol. The van der Waals surface area contributed by atoms with Crippen LogP contribution < -0.4 is 5.73 Å². The molecule has 0 aliphatic rings. The van der Waals surface area contributed by atoms with E-state index in [1.807, 2.05) is 0 Å². The molecule has 0 aliphatic heterocycles. The fourth-order valence-corrected chi connectivity index (χ4v) is 1.76. The molecule has 0 fully saturated rings. The molecule has 1 rings (SSSR count). The summed E-state index contributed by atoms with van der Waals surface area (Å²) >= 11 is 8.93. The summed E-state index contributed by atoms with van der Waals surface area (Å²) in [6, 6.07) is 4.74. The standard InChI is InChI=1S/C9H9BrClNO3/c10-6-4(2-1-3-5(6)11)7(13)8(14)9(12)15/h1-3,7-8,13-14H,(H2,12,15). The van der Waals surface area contributed by atoms with Crippen LogP contribution in [-0.4, -0.2) is 22.2 Å². The Kier molecular flexibility index (Phi) is 4.10. The van der Waals surface area contributed by atoms with Crippen LogP contribution in [0.3, 0.4) is 0 Å². The van der Waals surface area contributed by atoms with Crippen LogP contribution in [0.1, 0.15) is 11.7 Å². The molecule has 6 heteroatoms. The Bertz CT molecular complexity index is 386. The minimum atomic E-state index is -1.65. The summed E-state index contributed by atoms with van der Waals surface area (Å²) in [6.45, 7) is 0. The first kappa shape index (κ1) is 12.4. The molecule has 0 heterocycles. The normalized spacial score (nSPS) is 14.7. The van der Waals surface area contributed by atoms with Crippen molar-refractivity contribution in [2.75, 3.05) is 0 Å². The Morgan fingerprint density at radius 1 is 1.47 bits per heavy atom. The number of amides is 1. The number of carbonyl (C=O) groups is 1. The van der Waals surface area contributed by atoms with Gasteiger partial charge in [-0.15, -0.1) is 0 Å². The summed E-state index contributed by atoms with van der Waals surface area (Å²) in [5.41, 5.74) is 5.18. The van der Waals surface area contributed by atoms with Crippen LogP contribution in [0, 0.1) is 0 Å². The fourth-order valence-electron chi connectivity index (χ4n) is 1.07. The Morgan fingerprint density at radius 3 is 2.60 bits per heavy atom. The quantitative estimate of drug-likeness (QED) is 0.777. The third-order valence-corrected chi connectivity index (χ3v) is 3.32. The van der Waals surface area contributed by atoms with Gasteiger partial charge >= 0.3 is 0 Å². The summed E-state index contributed by atoms with van der Waals surface area (Å²) < 4.78 is 0.430. The number of hydrogen-bond acceptors (Lipinski definition) is 3. The first-order valence-electron chi connectivity index (χ1n) is 4.04. The lowest BCUT2D eigenvalue weighted by Gasteiger charge is -2.16. The van der Waals surface area contributed by atoms with E-state index in [-0.39, 0.29) is 0 Å². The number of benzene rings is 1. The van der Waals surface area contributed by atoms with Crippen LogP contribution in [0.15, 0.2) is 22.7 Å². The lowest BCUT2D eigenvalue weighted by atomic mass is 10.0. The lowest BCUT2D eigenvalue weighted by Crippen LogP contribution is -2.34. The second-order valence-corrected chi connectivity index (χ2v) is 4.14. The number of aliphatic hydroxyl groups excluding tert-OH is 2. The van der Waals surface area contributed by atoms with Gasteiger partial charge in [0.1, 0.15) is 6.10 Å². The van der Waals surface area contributed by atoms with Crippen molar-refractivity contribution in [3.05, 3.63) is 33.3 Å². The number of nitrogens with two attached hydrogens (primary N) is 1.